The second-order valence-electron chi connectivity index (χ2n) is 4.29. The number of thiazole rings is 1. The van der Waals surface area contributed by atoms with Crippen LogP contribution in [0, 0.1) is 0 Å². The lowest BCUT2D eigenvalue weighted by Crippen LogP contribution is -2.13. The first kappa shape index (κ1) is 16.4. The van der Waals surface area contributed by atoms with E-state index in [0.717, 1.165) is 11.6 Å². The van der Waals surface area contributed by atoms with Gasteiger partial charge in [-0.05, 0) is 24.3 Å². The summed E-state index contributed by atoms with van der Waals surface area (Å²) >= 11 is 0.648. The molecule has 22 heavy (non-hydrogen) atoms. The third kappa shape index (κ3) is 3.83. The molecule has 0 saturated carbocycles. The Kier molecular flexibility index (Phi) is 4.25. The molecule has 0 aliphatic rings. The molecule has 0 fully saturated rings. The molecule has 0 saturated heterocycles. The van der Waals surface area contributed by atoms with E-state index in [-0.39, 0.29) is 15.6 Å². The van der Waals surface area contributed by atoms with Crippen molar-refractivity contribution in [3.8, 4) is 0 Å². The lowest BCUT2D eigenvalue weighted by molar-refractivity contribution is -0.140. The summed E-state index contributed by atoms with van der Waals surface area (Å²) in [4.78, 5) is 15.2. The standard InChI is InChI=1S/C12H9F3N2O3S2/c1-22(19,20)8-4-2-7(3-5-8)10(18)17-11-16-9(6-21-11)12(13,14)15/h2-6H,1H3,(H,16,17,18). The number of alkyl halides is 3. The number of halogens is 3. The van der Waals surface area contributed by atoms with E-state index in [1.807, 2.05) is 0 Å². The number of amides is 1. The maximum atomic E-state index is 12.4. The number of benzene rings is 1. The Morgan fingerprint density at radius 2 is 1.82 bits per heavy atom. The van der Waals surface area contributed by atoms with Gasteiger partial charge in [-0.3, -0.25) is 10.1 Å². The highest BCUT2D eigenvalue weighted by atomic mass is 32.2. The molecule has 2 aromatic rings. The number of carbonyl (C=O) groups excluding carboxylic acids is 1. The molecule has 0 aliphatic heterocycles. The summed E-state index contributed by atoms with van der Waals surface area (Å²) in [7, 11) is -3.38. The summed E-state index contributed by atoms with van der Waals surface area (Å²) in [6.07, 6.45) is -3.55. The highest BCUT2D eigenvalue weighted by Crippen LogP contribution is 2.31. The average Bonchev–Trinajstić information content (AvgIpc) is 2.86. The number of rotatable bonds is 3. The number of anilines is 1. The Balaban J connectivity index is 2.14. The number of aromatic nitrogens is 1. The van der Waals surface area contributed by atoms with Crippen molar-refractivity contribution >= 4 is 32.2 Å². The van der Waals surface area contributed by atoms with Crippen molar-refractivity contribution in [1.29, 1.82) is 0 Å². The van der Waals surface area contributed by atoms with Crippen LogP contribution < -0.4 is 5.32 Å². The van der Waals surface area contributed by atoms with Gasteiger partial charge in [-0.2, -0.15) is 13.2 Å². The van der Waals surface area contributed by atoms with Gasteiger partial charge >= 0.3 is 6.18 Å². The highest BCUT2D eigenvalue weighted by Gasteiger charge is 2.33. The molecule has 0 aliphatic carbocycles. The molecule has 0 spiro atoms. The Morgan fingerprint density at radius 1 is 1.23 bits per heavy atom. The Bertz CT molecular complexity index is 796. The van der Waals surface area contributed by atoms with Gasteiger partial charge in [0.15, 0.2) is 20.7 Å². The second kappa shape index (κ2) is 5.69. The summed E-state index contributed by atoms with van der Waals surface area (Å²) in [5.41, 5.74) is -0.976. The number of nitrogens with one attached hydrogen (secondary N) is 1. The van der Waals surface area contributed by atoms with Crippen LogP contribution in [0.3, 0.4) is 0 Å². The van der Waals surface area contributed by atoms with E-state index < -0.39 is 27.6 Å². The van der Waals surface area contributed by atoms with Gasteiger partial charge < -0.3 is 0 Å². The van der Waals surface area contributed by atoms with Crippen LogP contribution in [0.25, 0.3) is 0 Å². The molecule has 10 heteroatoms. The fourth-order valence-electron chi connectivity index (χ4n) is 1.48. The van der Waals surface area contributed by atoms with Gasteiger partial charge in [0, 0.05) is 17.2 Å². The van der Waals surface area contributed by atoms with Gasteiger partial charge in [0.2, 0.25) is 0 Å². The fraction of sp³-hybridized carbons (Fsp3) is 0.167. The quantitative estimate of drug-likeness (QED) is 0.923. The topological polar surface area (TPSA) is 76.1 Å². The van der Waals surface area contributed by atoms with Gasteiger partial charge in [0.05, 0.1) is 4.90 Å². The molecule has 0 atom stereocenters. The summed E-state index contributed by atoms with van der Waals surface area (Å²) < 4.78 is 59.7. The van der Waals surface area contributed by atoms with Crippen molar-refractivity contribution in [1.82, 2.24) is 4.98 Å². The molecule has 1 heterocycles. The molecule has 5 nitrogen and oxygen atoms in total. The highest BCUT2D eigenvalue weighted by molar-refractivity contribution is 7.90. The molecule has 1 aromatic heterocycles. The lowest BCUT2D eigenvalue weighted by atomic mass is 10.2. The first-order valence-corrected chi connectivity index (χ1v) is 8.48. The molecular weight excluding hydrogens is 341 g/mol. The summed E-state index contributed by atoms with van der Waals surface area (Å²) in [5, 5.41) is 2.83. The number of hydrogen-bond donors (Lipinski definition) is 1. The van der Waals surface area contributed by atoms with E-state index in [9.17, 15) is 26.4 Å². The summed E-state index contributed by atoms with van der Waals surface area (Å²) in [6, 6.07) is 5.02. The molecule has 0 unspecified atom stereocenters. The van der Waals surface area contributed by atoms with Gasteiger partial charge in [0.25, 0.3) is 5.91 Å². The van der Waals surface area contributed by atoms with Crippen molar-refractivity contribution in [2.24, 2.45) is 0 Å². The molecule has 2 rings (SSSR count). The van der Waals surface area contributed by atoms with Crippen LogP contribution in [0.1, 0.15) is 16.1 Å². The molecule has 0 bridgehead atoms. The van der Waals surface area contributed by atoms with Gasteiger partial charge in [-0.25, -0.2) is 13.4 Å². The predicted octanol–water partition coefficient (Wildman–Crippen LogP) is 2.82. The minimum Gasteiger partial charge on any atom is -0.298 e. The van der Waals surface area contributed by atoms with Gasteiger partial charge in [-0.1, -0.05) is 0 Å². The van der Waals surface area contributed by atoms with Crippen molar-refractivity contribution in [3.63, 3.8) is 0 Å². The van der Waals surface area contributed by atoms with E-state index in [2.05, 4.69) is 10.3 Å². The van der Waals surface area contributed by atoms with Crippen molar-refractivity contribution in [3.05, 3.63) is 40.9 Å². The van der Waals surface area contributed by atoms with Crippen LogP contribution in [0.2, 0.25) is 0 Å². The Labute approximate surface area is 127 Å². The van der Waals surface area contributed by atoms with Crippen LogP contribution in [0.5, 0.6) is 0 Å². The van der Waals surface area contributed by atoms with E-state index in [4.69, 9.17) is 0 Å². The van der Waals surface area contributed by atoms with Crippen molar-refractivity contribution < 1.29 is 26.4 Å². The van der Waals surface area contributed by atoms with E-state index in [0.29, 0.717) is 11.3 Å². The SMILES string of the molecule is CS(=O)(=O)c1ccc(C(=O)Nc2nc(C(F)(F)F)cs2)cc1. The van der Waals surface area contributed by atoms with Crippen LogP contribution in [0.4, 0.5) is 18.3 Å². The molecule has 1 amide bonds. The summed E-state index contributed by atoms with van der Waals surface area (Å²) in [5.74, 6) is -0.678. The normalized spacial score (nSPS) is 12.2. The third-order valence-corrected chi connectivity index (χ3v) is 4.45. The van der Waals surface area contributed by atoms with Crippen LogP contribution in [0.15, 0.2) is 34.5 Å². The number of hydrogen-bond acceptors (Lipinski definition) is 5. The number of carbonyl (C=O) groups is 1. The van der Waals surface area contributed by atoms with E-state index in [1.165, 1.54) is 24.3 Å². The van der Waals surface area contributed by atoms with Gasteiger partial charge in [0.1, 0.15) is 0 Å². The maximum Gasteiger partial charge on any atom is 0.434 e. The molecule has 1 N–H and O–H groups in total. The average molecular weight is 350 g/mol. The van der Waals surface area contributed by atoms with Crippen LogP contribution in [-0.2, 0) is 16.0 Å². The Morgan fingerprint density at radius 3 is 2.27 bits per heavy atom. The summed E-state index contributed by atoms with van der Waals surface area (Å²) in [6.45, 7) is 0. The number of sulfone groups is 1. The van der Waals surface area contributed by atoms with Crippen molar-refractivity contribution in [2.75, 3.05) is 11.6 Å². The fourth-order valence-corrected chi connectivity index (χ4v) is 2.83. The lowest BCUT2D eigenvalue weighted by Gasteiger charge is -2.03. The minimum atomic E-state index is -4.57. The van der Waals surface area contributed by atoms with Crippen LogP contribution >= 0.6 is 11.3 Å². The monoisotopic (exact) mass is 350 g/mol. The maximum absolute atomic E-state index is 12.4. The largest absolute Gasteiger partial charge is 0.434 e. The molecule has 1 aromatic carbocycles. The van der Waals surface area contributed by atoms with E-state index >= 15 is 0 Å². The second-order valence-corrected chi connectivity index (χ2v) is 7.16. The third-order valence-electron chi connectivity index (χ3n) is 2.56. The molecular formula is C12H9F3N2O3S2. The van der Waals surface area contributed by atoms with Crippen LogP contribution in [-0.4, -0.2) is 25.6 Å². The smallest absolute Gasteiger partial charge is 0.298 e. The molecule has 118 valence electrons. The first-order chi connectivity index (χ1) is 10.1. The Hall–Kier alpha value is -1.94. The zero-order chi connectivity index (χ0) is 16.5. The minimum absolute atomic E-state index is 0.0395. The number of nitrogens with zero attached hydrogens (tertiary/aromatic N) is 1. The van der Waals surface area contributed by atoms with Crippen molar-refractivity contribution in [2.45, 2.75) is 11.1 Å². The molecule has 0 radical (unpaired) electrons. The first-order valence-electron chi connectivity index (χ1n) is 5.71. The zero-order valence-electron chi connectivity index (χ0n) is 11.0. The van der Waals surface area contributed by atoms with E-state index in [1.54, 1.807) is 0 Å². The zero-order valence-corrected chi connectivity index (χ0v) is 12.6. The van der Waals surface area contributed by atoms with Gasteiger partial charge in [-0.15, -0.1) is 11.3 Å². The predicted molar refractivity (Wildman–Crippen MR) is 74.6 cm³/mol.